The molecule has 0 unspecified atom stereocenters. The van der Waals surface area contributed by atoms with Gasteiger partial charge in [0.2, 0.25) is 32.8 Å². The van der Waals surface area contributed by atoms with E-state index in [1.807, 2.05) is 55.6 Å². The Hall–Kier alpha value is -9.41. The zero-order chi connectivity index (χ0) is 63.9. The average molecular weight is 1230 g/mol. The Balaban J connectivity index is 0.000000180. The predicted octanol–water partition coefficient (Wildman–Crippen LogP) is 7.63. The van der Waals surface area contributed by atoms with Gasteiger partial charge in [-0.1, -0.05) is 122 Å². The van der Waals surface area contributed by atoms with Gasteiger partial charge in [-0.3, -0.25) is 38.3 Å². The van der Waals surface area contributed by atoms with E-state index in [-0.39, 0.29) is 45.6 Å². The predicted molar refractivity (Wildman–Crippen MR) is 347 cm³/mol. The molecule has 5 aromatic carbocycles. The van der Waals surface area contributed by atoms with E-state index >= 15 is 0 Å². The van der Waals surface area contributed by atoms with Crippen LogP contribution in [-0.2, 0) is 52.8 Å². The SMILES string of the molecule is CCN[C@H](CNC)Cc1ccccc1.CNC(=O)[C@H](Cc1ccccc1)NC(C)=O.Cn1c(N2CCN[C@@H](Cc3ccccc3)C2)nc(-c2ccncc2)c(-c2ccc(F)cc2)c1=O.Cn1c(S(C)(=O)=O)nc(-c2ccncc2)c(-c2ccc(F)cc2)c1=O. The third kappa shape index (κ3) is 19.3. The molecule has 1 aliphatic heterocycles. The van der Waals surface area contributed by atoms with Crippen LogP contribution in [0.25, 0.3) is 44.8 Å². The van der Waals surface area contributed by atoms with E-state index in [9.17, 15) is 36.4 Å². The minimum Gasteiger partial charge on any atom is -0.357 e. The lowest BCUT2D eigenvalue weighted by molar-refractivity contribution is -0.127. The van der Waals surface area contributed by atoms with Crippen LogP contribution in [0.15, 0.2) is 203 Å². The summed E-state index contributed by atoms with van der Waals surface area (Å²) in [5.41, 5.74) is 6.83. The minimum atomic E-state index is -3.72. The number of rotatable bonds is 18. The van der Waals surface area contributed by atoms with E-state index < -0.39 is 27.3 Å². The molecule has 2 amide bonds. The van der Waals surface area contributed by atoms with Crippen molar-refractivity contribution in [1.82, 2.24) is 55.7 Å². The van der Waals surface area contributed by atoms with Crippen LogP contribution in [0, 0.1) is 11.6 Å². The Bertz CT molecular complexity index is 3940. The number of likely N-dealkylation sites (N-methyl/N-ethyl adjacent to an activating group) is 3. The fourth-order valence-electron chi connectivity index (χ4n) is 10.1. The lowest BCUT2D eigenvalue weighted by Gasteiger charge is -2.35. The molecule has 0 radical (unpaired) electrons. The largest absolute Gasteiger partial charge is 0.357 e. The molecule has 9 aromatic rings. The van der Waals surface area contributed by atoms with Crippen molar-refractivity contribution in [3.63, 3.8) is 0 Å². The van der Waals surface area contributed by atoms with E-state index in [2.05, 4.69) is 108 Å². The number of sulfone groups is 1. The smallest absolute Gasteiger partial charge is 0.263 e. The van der Waals surface area contributed by atoms with Gasteiger partial charge in [0.1, 0.15) is 17.7 Å². The van der Waals surface area contributed by atoms with Gasteiger partial charge in [-0.2, -0.15) is 0 Å². The fraction of sp³-hybridized carbons (Fsp3) is 0.265. The van der Waals surface area contributed by atoms with Gasteiger partial charge in [0.05, 0.1) is 22.5 Å². The molecule has 5 N–H and O–H groups in total. The molecule has 5 heterocycles. The van der Waals surface area contributed by atoms with Crippen LogP contribution in [0.3, 0.4) is 0 Å². The van der Waals surface area contributed by atoms with E-state index in [4.69, 9.17) is 4.98 Å². The molecular formula is C68H76F2N12O6S. The second kappa shape index (κ2) is 33.1. The van der Waals surface area contributed by atoms with Crippen molar-refractivity contribution in [2.45, 2.75) is 56.4 Å². The summed E-state index contributed by atoms with van der Waals surface area (Å²) in [7, 11) is 2.93. The van der Waals surface area contributed by atoms with Crippen molar-refractivity contribution in [2.75, 3.05) is 58.0 Å². The maximum atomic E-state index is 13.7. The molecule has 89 heavy (non-hydrogen) atoms. The number of piperazine rings is 1. The number of hydrogen-bond acceptors (Lipinski definition) is 14. The molecule has 3 atom stereocenters. The van der Waals surface area contributed by atoms with Crippen LogP contribution in [0.4, 0.5) is 14.7 Å². The van der Waals surface area contributed by atoms with E-state index in [0.29, 0.717) is 46.4 Å². The molecule has 1 fully saturated rings. The number of amides is 2. The number of carbonyl (C=O) groups is 2. The summed E-state index contributed by atoms with van der Waals surface area (Å²) < 4.78 is 53.4. The summed E-state index contributed by atoms with van der Waals surface area (Å²) in [6, 6.07) is 49.1. The standard InChI is InChI=1S/C27H26FN5O.C17H14FN3O3S.C12H16N2O2.C12H20N2/c1-32-26(34)24(20-7-9-22(28)10-8-20)25(21-11-13-29-14-12-21)31-27(32)33-16-15-30-23(18-33)17-19-5-3-2-4-6-19;1-21-16(22)14(11-3-5-13(18)6-4-11)15(12-7-9-19-10-8-12)20-17(21)25(2,23)24;1-9(15)14-11(12(16)13-2)8-10-6-4-3-5-7-10;1-3-14-12(10-13-2)9-11-7-5-4-6-8-11/h2-14,23,30H,15-18H2,1H3;3-10H,1-2H3;3-7,11H,8H2,1-2H3,(H,13,16)(H,14,15);4-8,12-14H,3,9-10H2,1-2H3/t23-;;11-;12-/m0.00/s1. The molecule has 10 rings (SSSR count). The highest BCUT2D eigenvalue weighted by Gasteiger charge is 2.27. The molecule has 1 saturated heterocycles. The Morgan fingerprint density at radius 1 is 0.640 bits per heavy atom. The highest BCUT2D eigenvalue weighted by Crippen LogP contribution is 2.31. The molecule has 0 saturated carbocycles. The van der Waals surface area contributed by atoms with Gasteiger partial charge in [-0.15, -0.1) is 0 Å². The number of pyridine rings is 2. The molecule has 464 valence electrons. The van der Waals surface area contributed by atoms with Gasteiger partial charge in [0.15, 0.2) is 0 Å². The van der Waals surface area contributed by atoms with Gasteiger partial charge in [0, 0.05) is 115 Å². The second-order valence-electron chi connectivity index (χ2n) is 21.1. The van der Waals surface area contributed by atoms with Crippen molar-refractivity contribution < 1.29 is 26.8 Å². The summed E-state index contributed by atoms with van der Waals surface area (Å²) >= 11 is 0. The van der Waals surface area contributed by atoms with Crippen molar-refractivity contribution in [1.29, 1.82) is 0 Å². The summed E-state index contributed by atoms with van der Waals surface area (Å²) in [5.74, 6) is -0.543. The molecule has 0 spiro atoms. The monoisotopic (exact) mass is 1230 g/mol. The highest BCUT2D eigenvalue weighted by atomic mass is 32.2. The zero-order valence-electron chi connectivity index (χ0n) is 51.0. The van der Waals surface area contributed by atoms with Crippen molar-refractivity contribution >= 4 is 27.6 Å². The number of nitrogens with zero attached hydrogens (tertiary/aromatic N) is 7. The second-order valence-corrected chi connectivity index (χ2v) is 23.0. The number of halogens is 2. The van der Waals surface area contributed by atoms with E-state index in [1.165, 1.54) is 73.9 Å². The first-order valence-electron chi connectivity index (χ1n) is 29.1. The van der Waals surface area contributed by atoms with Gasteiger partial charge >= 0.3 is 0 Å². The van der Waals surface area contributed by atoms with Crippen LogP contribution in [0.1, 0.15) is 30.5 Å². The van der Waals surface area contributed by atoms with Crippen LogP contribution in [-0.4, -0.2) is 121 Å². The first-order chi connectivity index (χ1) is 42.9. The van der Waals surface area contributed by atoms with Crippen LogP contribution < -0.4 is 42.6 Å². The van der Waals surface area contributed by atoms with Gasteiger partial charge in [-0.05, 0) is 103 Å². The first-order valence-corrected chi connectivity index (χ1v) is 31.0. The molecule has 4 aromatic heterocycles. The Labute approximate surface area is 518 Å². The molecule has 0 bridgehead atoms. The average Bonchev–Trinajstić information content (AvgIpc) is 0.919. The van der Waals surface area contributed by atoms with Gasteiger partial charge in [-0.25, -0.2) is 27.2 Å². The molecule has 1 aliphatic rings. The Kier molecular flexibility index (Phi) is 24.9. The number of hydrogen-bond donors (Lipinski definition) is 5. The molecular weight excluding hydrogens is 1150 g/mol. The zero-order valence-corrected chi connectivity index (χ0v) is 51.8. The van der Waals surface area contributed by atoms with Crippen molar-refractivity contribution in [2.24, 2.45) is 14.1 Å². The van der Waals surface area contributed by atoms with Crippen LogP contribution in [0.5, 0.6) is 0 Å². The van der Waals surface area contributed by atoms with E-state index in [0.717, 1.165) is 67.5 Å². The Morgan fingerprint density at radius 3 is 1.57 bits per heavy atom. The summed E-state index contributed by atoms with van der Waals surface area (Å²) in [6.07, 6.45) is 9.88. The lowest BCUT2D eigenvalue weighted by Crippen LogP contribution is -2.53. The number of nitrogens with one attached hydrogen (secondary N) is 5. The Morgan fingerprint density at radius 2 is 1.11 bits per heavy atom. The number of anilines is 1. The van der Waals surface area contributed by atoms with Gasteiger partial charge < -0.3 is 31.5 Å². The minimum absolute atomic E-state index is 0.165. The van der Waals surface area contributed by atoms with E-state index in [1.54, 1.807) is 55.3 Å². The maximum absolute atomic E-state index is 13.7. The van der Waals surface area contributed by atoms with Crippen molar-refractivity contribution in [3.8, 4) is 44.8 Å². The van der Waals surface area contributed by atoms with Crippen LogP contribution in [0.2, 0.25) is 0 Å². The molecule has 0 aliphatic carbocycles. The summed E-state index contributed by atoms with van der Waals surface area (Å²) in [6.45, 7) is 7.88. The third-order valence-corrected chi connectivity index (χ3v) is 15.4. The maximum Gasteiger partial charge on any atom is 0.263 e. The topological polar surface area (TPSA) is 227 Å². The molecule has 18 nitrogen and oxygen atoms in total. The molecule has 21 heteroatoms. The normalized spacial score (nSPS) is 13.4. The summed E-state index contributed by atoms with van der Waals surface area (Å²) in [4.78, 5) is 68.4. The fourth-order valence-corrected chi connectivity index (χ4v) is 11.0. The number of carbonyl (C=O) groups excluding carboxylic acids is 2. The first kappa shape index (κ1) is 67.1. The number of benzene rings is 5. The van der Waals surface area contributed by atoms with Crippen LogP contribution >= 0.6 is 0 Å². The van der Waals surface area contributed by atoms with Gasteiger partial charge in [0.25, 0.3) is 11.1 Å². The number of aromatic nitrogens is 6. The third-order valence-electron chi connectivity index (χ3n) is 14.4. The highest BCUT2D eigenvalue weighted by molar-refractivity contribution is 7.90. The quantitative estimate of drug-likeness (QED) is 0.0521. The lowest BCUT2D eigenvalue weighted by atomic mass is 10.0. The van der Waals surface area contributed by atoms with Crippen molar-refractivity contribution in [3.05, 3.63) is 238 Å². The summed E-state index contributed by atoms with van der Waals surface area (Å²) in [5, 5.41) is 15.1.